The molecule has 1 nitrogen and oxygen atoms in total. The first-order chi connectivity index (χ1) is 7.22. The van der Waals surface area contributed by atoms with Crippen LogP contribution in [0.5, 0.6) is 0 Å². The van der Waals surface area contributed by atoms with E-state index in [1.807, 2.05) is 12.1 Å². The van der Waals surface area contributed by atoms with E-state index in [2.05, 4.69) is 6.92 Å². The molecule has 84 valence electrons. The van der Waals surface area contributed by atoms with Crippen molar-refractivity contribution >= 4 is 0 Å². The lowest BCUT2D eigenvalue weighted by atomic mass is 10.0. The molecule has 0 saturated heterocycles. The minimum absolute atomic E-state index is 0.182. The van der Waals surface area contributed by atoms with Gasteiger partial charge in [-0.05, 0) is 30.5 Å². The molecule has 1 aromatic carbocycles. The topological polar surface area (TPSA) is 26.0 Å². The number of halogens is 1. The number of hydrogen-bond donors (Lipinski definition) is 1. The van der Waals surface area contributed by atoms with Gasteiger partial charge in [0.1, 0.15) is 5.82 Å². The smallest absolute Gasteiger partial charge is 0.123 e. The van der Waals surface area contributed by atoms with Gasteiger partial charge in [0.25, 0.3) is 0 Å². The van der Waals surface area contributed by atoms with E-state index in [4.69, 9.17) is 5.73 Å². The maximum Gasteiger partial charge on any atom is 0.123 e. The van der Waals surface area contributed by atoms with Gasteiger partial charge in [0.2, 0.25) is 0 Å². The molecular formula is C13H20FN. The van der Waals surface area contributed by atoms with Crippen molar-refractivity contribution in [3.05, 3.63) is 35.6 Å². The molecule has 0 heterocycles. The Morgan fingerprint density at radius 2 is 1.87 bits per heavy atom. The minimum Gasteiger partial charge on any atom is -0.327 e. The van der Waals surface area contributed by atoms with Gasteiger partial charge in [0.05, 0.1) is 0 Å². The Balaban J connectivity index is 2.31. The van der Waals surface area contributed by atoms with Crippen molar-refractivity contribution in [3.63, 3.8) is 0 Å². The first kappa shape index (κ1) is 12.2. The first-order valence-electron chi connectivity index (χ1n) is 5.72. The molecule has 0 bridgehead atoms. The second kappa shape index (κ2) is 6.57. The molecule has 2 N–H and O–H groups in total. The maximum atomic E-state index is 12.6. The summed E-state index contributed by atoms with van der Waals surface area (Å²) in [7, 11) is 0. The maximum absolute atomic E-state index is 12.6. The van der Waals surface area contributed by atoms with Gasteiger partial charge < -0.3 is 5.73 Å². The number of benzene rings is 1. The van der Waals surface area contributed by atoms with Crippen molar-refractivity contribution in [2.75, 3.05) is 0 Å². The molecule has 1 rings (SSSR count). The number of unbranched alkanes of at least 4 members (excludes halogenated alkanes) is 2. The Labute approximate surface area is 91.5 Å². The molecule has 1 atom stereocenters. The lowest BCUT2D eigenvalue weighted by Gasteiger charge is -2.10. The van der Waals surface area contributed by atoms with Crippen LogP contribution in [-0.4, -0.2) is 6.04 Å². The van der Waals surface area contributed by atoms with Crippen LogP contribution in [-0.2, 0) is 6.42 Å². The van der Waals surface area contributed by atoms with E-state index in [0.29, 0.717) is 0 Å². The zero-order valence-electron chi connectivity index (χ0n) is 9.38. The fourth-order valence-electron chi connectivity index (χ4n) is 1.68. The van der Waals surface area contributed by atoms with Gasteiger partial charge in [-0.25, -0.2) is 4.39 Å². The Morgan fingerprint density at radius 1 is 1.20 bits per heavy atom. The third kappa shape index (κ3) is 4.93. The Morgan fingerprint density at radius 3 is 2.47 bits per heavy atom. The summed E-state index contributed by atoms with van der Waals surface area (Å²) in [6.07, 6.45) is 5.58. The van der Waals surface area contributed by atoms with Crippen LogP contribution in [0.15, 0.2) is 24.3 Å². The molecule has 0 aromatic heterocycles. The summed E-state index contributed by atoms with van der Waals surface area (Å²) in [4.78, 5) is 0. The van der Waals surface area contributed by atoms with Crippen LogP contribution in [0.3, 0.4) is 0 Å². The lowest BCUT2D eigenvalue weighted by Crippen LogP contribution is -2.22. The van der Waals surface area contributed by atoms with Crippen LogP contribution < -0.4 is 5.73 Å². The van der Waals surface area contributed by atoms with Gasteiger partial charge in [-0.1, -0.05) is 38.3 Å². The monoisotopic (exact) mass is 209 g/mol. The standard InChI is InChI=1S/C13H20FN/c1-2-3-4-5-13(15)10-11-6-8-12(14)9-7-11/h6-9,13H,2-5,10,15H2,1H3. The third-order valence-corrected chi connectivity index (χ3v) is 2.59. The highest BCUT2D eigenvalue weighted by atomic mass is 19.1. The minimum atomic E-state index is -0.182. The zero-order valence-corrected chi connectivity index (χ0v) is 9.38. The van der Waals surface area contributed by atoms with Crippen LogP contribution in [0.4, 0.5) is 4.39 Å². The highest BCUT2D eigenvalue weighted by molar-refractivity contribution is 5.16. The summed E-state index contributed by atoms with van der Waals surface area (Å²) >= 11 is 0. The third-order valence-electron chi connectivity index (χ3n) is 2.59. The summed E-state index contributed by atoms with van der Waals surface area (Å²) < 4.78 is 12.6. The summed E-state index contributed by atoms with van der Waals surface area (Å²) in [6, 6.07) is 6.83. The Kier molecular flexibility index (Phi) is 5.33. The molecule has 0 saturated carbocycles. The van der Waals surface area contributed by atoms with Gasteiger partial charge in [0, 0.05) is 6.04 Å². The number of rotatable bonds is 6. The van der Waals surface area contributed by atoms with Crippen molar-refractivity contribution < 1.29 is 4.39 Å². The summed E-state index contributed by atoms with van der Waals surface area (Å²) in [5, 5.41) is 0. The molecular weight excluding hydrogens is 189 g/mol. The highest BCUT2D eigenvalue weighted by Crippen LogP contribution is 2.09. The molecule has 0 radical (unpaired) electrons. The van der Waals surface area contributed by atoms with Crippen molar-refractivity contribution in [3.8, 4) is 0 Å². The van der Waals surface area contributed by atoms with Gasteiger partial charge in [-0.15, -0.1) is 0 Å². The molecule has 1 aromatic rings. The quantitative estimate of drug-likeness (QED) is 0.715. The normalized spacial score (nSPS) is 12.7. The average molecular weight is 209 g/mol. The van der Waals surface area contributed by atoms with E-state index in [9.17, 15) is 4.39 Å². The van der Waals surface area contributed by atoms with Crippen molar-refractivity contribution in [1.29, 1.82) is 0 Å². The fourth-order valence-corrected chi connectivity index (χ4v) is 1.68. The van der Waals surface area contributed by atoms with Crippen LogP contribution in [0.25, 0.3) is 0 Å². The molecule has 0 aliphatic carbocycles. The Hall–Kier alpha value is -0.890. The van der Waals surface area contributed by atoms with E-state index in [1.54, 1.807) is 0 Å². The lowest BCUT2D eigenvalue weighted by molar-refractivity contribution is 0.556. The van der Waals surface area contributed by atoms with Crippen LogP contribution in [0, 0.1) is 5.82 Å². The molecule has 2 heteroatoms. The number of hydrogen-bond acceptors (Lipinski definition) is 1. The van der Waals surface area contributed by atoms with Gasteiger partial charge in [0.15, 0.2) is 0 Å². The first-order valence-corrected chi connectivity index (χ1v) is 5.72. The van der Waals surface area contributed by atoms with Gasteiger partial charge in [-0.2, -0.15) is 0 Å². The van der Waals surface area contributed by atoms with Gasteiger partial charge in [-0.3, -0.25) is 0 Å². The van der Waals surface area contributed by atoms with E-state index in [1.165, 1.54) is 31.4 Å². The fraction of sp³-hybridized carbons (Fsp3) is 0.538. The average Bonchev–Trinajstić information content (AvgIpc) is 2.22. The summed E-state index contributed by atoms with van der Waals surface area (Å²) in [6.45, 7) is 2.19. The zero-order chi connectivity index (χ0) is 11.1. The molecule has 1 unspecified atom stereocenters. The molecule has 0 aliphatic rings. The molecule has 0 amide bonds. The summed E-state index contributed by atoms with van der Waals surface area (Å²) in [5.41, 5.74) is 7.12. The van der Waals surface area contributed by atoms with Crippen LogP contribution >= 0.6 is 0 Å². The molecule has 0 fully saturated rings. The van der Waals surface area contributed by atoms with E-state index in [-0.39, 0.29) is 11.9 Å². The predicted molar refractivity (Wildman–Crippen MR) is 62.2 cm³/mol. The van der Waals surface area contributed by atoms with Crippen LogP contribution in [0.1, 0.15) is 38.2 Å². The van der Waals surface area contributed by atoms with Crippen molar-refractivity contribution in [1.82, 2.24) is 0 Å². The Bertz CT molecular complexity index is 268. The van der Waals surface area contributed by atoms with Crippen LogP contribution in [0.2, 0.25) is 0 Å². The SMILES string of the molecule is CCCCCC(N)Cc1ccc(F)cc1. The van der Waals surface area contributed by atoms with Gasteiger partial charge >= 0.3 is 0 Å². The van der Waals surface area contributed by atoms with Crippen molar-refractivity contribution in [2.45, 2.75) is 45.1 Å². The summed E-state index contributed by atoms with van der Waals surface area (Å²) in [5.74, 6) is -0.182. The molecule has 0 spiro atoms. The second-order valence-electron chi connectivity index (χ2n) is 4.09. The molecule has 15 heavy (non-hydrogen) atoms. The van der Waals surface area contributed by atoms with Crippen molar-refractivity contribution in [2.24, 2.45) is 5.73 Å². The van der Waals surface area contributed by atoms with E-state index < -0.39 is 0 Å². The number of nitrogens with two attached hydrogens (primary N) is 1. The highest BCUT2D eigenvalue weighted by Gasteiger charge is 2.03. The molecule has 0 aliphatic heterocycles. The predicted octanol–water partition coefficient (Wildman–Crippen LogP) is 3.28. The second-order valence-corrected chi connectivity index (χ2v) is 4.09. The largest absolute Gasteiger partial charge is 0.327 e. The van der Waals surface area contributed by atoms with E-state index >= 15 is 0 Å². The van der Waals surface area contributed by atoms with E-state index in [0.717, 1.165) is 18.4 Å².